The third-order valence-electron chi connectivity index (χ3n) is 2.99. The Morgan fingerprint density at radius 1 is 1.35 bits per heavy atom. The van der Waals surface area contributed by atoms with Crippen LogP contribution in [0.3, 0.4) is 0 Å². The van der Waals surface area contributed by atoms with E-state index in [4.69, 9.17) is 4.74 Å². The van der Waals surface area contributed by atoms with E-state index in [2.05, 4.69) is 44.5 Å². The van der Waals surface area contributed by atoms with Crippen molar-refractivity contribution in [2.24, 2.45) is 0 Å². The molecule has 0 spiro atoms. The summed E-state index contributed by atoms with van der Waals surface area (Å²) >= 11 is 1.88. The minimum absolute atomic E-state index is 0.260. The molecule has 1 aromatic rings. The molecule has 0 aliphatic carbocycles. The van der Waals surface area contributed by atoms with E-state index in [9.17, 15) is 0 Å². The fourth-order valence-electron chi connectivity index (χ4n) is 1.61. The van der Waals surface area contributed by atoms with Crippen molar-refractivity contribution in [3.8, 4) is 5.75 Å². The number of methoxy groups -OCH3 is 1. The van der Waals surface area contributed by atoms with E-state index in [1.54, 1.807) is 7.11 Å². The molecule has 0 saturated heterocycles. The molecule has 1 aromatic carbocycles. The first kappa shape index (κ1) is 14.4. The number of hydrogen-bond donors (Lipinski definition) is 1. The largest absolute Gasteiger partial charge is 0.496 e. The number of nitrogens with one attached hydrogen (secondary N) is 1. The molecule has 1 atom stereocenters. The van der Waals surface area contributed by atoms with Crippen molar-refractivity contribution < 1.29 is 4.74 Å². The van der Waals surface area contributed by atoms with Crippen LogP contribution in [0.4, 0.5) is 0 Å². The van der Waals surface area contributed by atoms with Crippen molar-refractivity contribution in [1.82, 2.24) is 5.32 Å². The van der Waals surface area contributed by atoms with Crippen LogP contribution in [0.25, 0.3) is 0 Å². The van der Waals surface area contributed by atoms with Crippen molar-refractivity contribution in [2.75, 3.05) is 19.9 Å². The molecule has 3 heteroatoms. The Hall–Kier alpha value is -0.670. The molecule has 0 fully saturated rings. The summed E-state index contributed by atoms with van der Waals surface area (Å²) in [5, 5.41) is 3.56. The summed E-state index contributed by atoms with van der Waals surface area (Å²) in [6.45, 7) is 7.65. The van der Waals surface area contributed by atoms with Gasteiger partial charge in [-0.3, -0.25) is 0 Å². The van der Waals surface area contributed by atoms with Gasteiger partial charge in [0.1, 0.15) is 5.75 Å². The van der Waals surface area contributed by atoms with Gasteiger partial charge in [-0.2, -0.15) is 11.8 Å². The SMILES string of the molecule is COc1ccccc1C(C)NCC(C)(C)SC. The Balaban J connectivity index is 2.67. The maximum atomic E-state index is 5.38. The summed E-state index contributed by atoms with van der Waals surface area (Å²) < 4.78 is 5.64. The van der Waals surface area contributed by atoms with Crippen molar-refractivity contribution in [1.29, 1.82) is 0 Å². The highest BCUT2D eigenvalue weighted by Gasteiger charge is 2.18. The molecule has 0 aliphatic rings. The standard InChI is InChI=1S/C14H23NOS/c1-11(15-10-14(2,3)17-5)12-8-6-7-9-13(12)16-4/h6-9,11,15H,10H2,1-5H3. The van der Waals surface area contributed by atoms with Gasteiger partial charge in [0.2, 0.25) is 0 Å². The van der Waals surface area contributed by atoms with E-state index in [1.807, 2.05) is 23.9 Å². The van der Waals surface area contributed by atoms with Crippen molar-refractivity contribution in [2.45, 2.75) is 31.6 Å². The van der Waals surface area contributed by atoms with Gasteiger partial charge in [0.05, 0.1) is 7.11 Å². The second-order valence-corrected chi connectivity index (χ2v) is 6.32. The summed E-state index contributed by atoms with van der Waals surface area (Å²) in [7, 11) is 1.72. The highest BCUT2D eigenvalue weighted by atomic mass is 32.2. The van der Waals surface area contributed by atoms with Gasteiger partial charge in [-0.05, 0) is 33.1 Å². The van der Waals surface area contributed by atoms with E-state index < -0.39 is 0 Å². The second kappa shape index (κ2) is 6.31. The first-order valence-corrected chi connectivity index (χ1v) is 7.14. The molecule has 96 valence electrons. The molecule has 0 saturated carbocycles. The van der Waals surface area contributed by atoms with E-state index in [-0.39, 0.29) is 4.75 Å². The third kappa shape index (κ3) is 4.25. The Labute approximate surface area is 109 Å². The van der Waals surface area contributed by atoms with Crippen molar-refractivity contribution in [3.05, 3.63) is 29.8 Å². The summed E-state index contributed by atoms with van der Waals surface area (Å²) in [5.74, 6) is 0.953. The van der Waals surface area contributed by atoms with Crippen LogP contribution in [-0.4, -0.2) is 24.7 Å². The predicted octanol–water partition coefficient (Wildman–Crippen LogP) is 3.49. The van der Waals surface area contributed by atoms with E-state index in [0.717, 1.165) is 12.3 Å². The zero-order valence-corrected chi connectivity index (χ0v) is 12.2. The molecule has 1 rings (SSSR count). The first-order chi connectivity index (χ1) is 8.00. The molecule has 1 N–H and O–H groups in total. The Bertz CT molecular complexity index is 352. The van der Waals surface area contributed by atoms with Gasteiger partial charge in [-0.1, -0.05) is 18.2 Å². The molecule has 0 radical (unpaired) electrons. The van der Waals surface area contributed by atoms with Crippen LogP contribution in [0.1, 0.15) is 32.4 Å². The van der Waals surface area contributed by atoms with Crippen LogP contribution >= 0.6 is 11.8 Å². The van der Waals surface area contributed by atoms with Crippen molar-refractivity contribution >= 4 is 11.8 Å². The molecule has 17 heavy (non-hydrogen) atoms. The molecule has 0 aromatic heterocycles. The summed E-state index contributed by atoms with van der Waals surface area (Å²) in [4.78, 5) is 0. The van der Waals surface area contributed by atoms with Crippen LogP contribution in [0.5, 0.6) is 5.75 Å². The Kier molecular flexibility index (Phi) is 5.34. The lowest BCUT2D eigenvalue weighted by Crippen LogP contribution is -2.33. The van der Waals surface area contributed by atoms with Crippen LogP contribution in [0, 0.1) is 0 Å². The molecule has 0 bridgehead atoms. The van der Waals surface area contributed by atoms with E-state index in [0.29, 0.717) is 6.04 Å². The lowest BCUT2D eigenvalue weighted by atomic mass is 10.1. The van der Waals surface area contributed by atoms with Crippen molar-refractivity contribution in [3.63, 3.8) is 0 Å². The normalized spacial score (nSPS) is 13.5. The Morgan fingerprint density at radius 2 is 2.00 bits per heavy atom. The van der Waals surface area contributed by atoms with Crippen LogP contribution in [-0.2, 0) is 0 Å². The number of hydrogen-bond acceptors (Lipinski definition) is 3. The highest BCUT2D eigenvalue weighted by Crippen LogP contribution is 2.26. The van der Waals surface area contributed by atoms with Gasteiger partial charge in [-0.15, -0.1) is 0 Å². The van der Waals surface area contributed by atoms with Gasteiger partial charge in [0.25, 0.3) is 0 Å². The molecule has 0 heterocycles. The lowest BCUT2D eigenvalue weighted by Gasteiger charge is -2.26. The zero-order valence-electron chi connectivity index (χ0n) is 11.4. The van der Waals surface area contributed by atoms with Gasteiger partial charge < -0.3 is 10.1 Å². The topological polar surface area (TPSA) is 21.3 Å². The van der Waals surface area contributed by atoms with Crippen LogP contribution in [0.15, 0.2) is 24.3 Å². The molecular formula is C14H23NOS. The number of thioether (sulfide) groups is 1. The number of benzene rings is 1. The maximum Gasteiger partial charge on any atom is 0.123 e. The highest BCUT2D eigenvalue weighted by molar-refractivity contribution is 7.99. The van der Waals surface area contributed by atoms with E-state index >= 15 is 0 Å². The molecular weight excluding hydrogens is 230 g/mol. The molecule has 0 aliphatic heterocycles. The van der Waals surface area contributed by atoms with Gasteiger partial charge >= 0.3 is 0 Å². The average Bonchev–Trinajstić information content (AvgIpc) is 2.36. The minimum Gasteiger partial charge on any atom is -0.496 e. The number of ether oxygens (including phenoxy) is 1. The maximum absolute atomic E-state index is 5.38. The summed E-state index contributed by atoms with van der Waals surface area (Å²) in [6, 6.07) is 8.48. The fourth-order valence-corrected chi connectivity index (χ4v) is 1.83. The molecule has 2 nitrogen and oxygen atoms in total. The minimum atomic E-state index is 0.260. The Morgan fingerprint density at radius 3 is 2.59 bits per heavy atom. The number of rotatable bonds is 6. The predicted molar refractivity (Wildman–Crippen MR) is 77.0 cm³/mol. The smallest absolute Gasteiger partial charge is 0.123 e. The molecule has 1 unspecified atom stereocenters. The number of para-hydroxylation sites is 1. The van der Waals surface area contributed by atoms with Crippen LogP contribution < -0.4 is 10.1 Å². The van der Waals surface area contributed by atoms with Gasteiger partial charge in [-0.25, -0.2) is 0 Å². The first-order valence-electron chi connectivity index (χ1n) is 5.91. The lowest BCUT2D eigenvalue weighted by molar-refractivity contribution is 0.400. The van der Waals surface area contributed by atoms with Gasteiger partial charge in [0, 0.05) is 22.9 Å². The third-order valence-corrected chi connectivity index (χ3v) is 4.24. The zero-order chi connectivity index (χ0) is 12.9. The second-order valence-electron chi connectivity index (χ2n) is 4.81. The van der Waals surface area contributed by atoms with Crippen LogP contribution in [0.2, 0.25) is 0 Å². The fraction of sp³-hybridized carbons (Fsp3) is 0.571. The van der Waals surface area contributed by atoms with Gasteiger partial charge in [0.15, 0.2) is 0 Å². The summed E-state index contributed by atoms with van der Waals surface area (Å²) in [6.07, 6.45) is 2.15. The van der Waals surface area contributed by atoms with E-state index in [1.165, 1.54) is 5.56 Å². The summed E-state index contributed by atoms with van der Waals surface area (Å²) in [5.41, 5.74) is 1.21. The average molecular weight is 253 g/mol. The molecule has 0 amide bonds. The quantitative estimate of drug-likeness (QED) is 0.838. The monoisotopic (exact) mass is 253 g/mol.